The molecule has 110 valence electrons. The van der Waals surface area contributed by atoms with Gasteiger partial charge in [0.15, 0.2) is 0 Å². The lowest BCUT2D eigenvalue weighted by molar-refractivity contribution is -0.150. The molecule has 2 N–H and O–H groups in total. The van der Waals surface area contributed by atoms with E-state index >= 15 is 0 Å². The van der Waals surface area contributed by atoms with E-state index in [0.717, 1.165) is 16.7 Å². The Morgan fingerprint density at radius 1 is 1.48 bits per heavy atom. The minimum absolute atomic E-state index is 0.00598. The van der Waals surface area contributed by atoms with E-state index in [1.807, 2.05) is 0 Å². The number of nitrogens with zero attached hydrogens (tertiary/aromatic N) is 1. The maximum absolute atomic E-state index is 12.2. The highest BCUT2D eigenvalue weighted by Gasteiger charge is 2.41. The van der Waals surface area contributed by atoms with Crippen LogP contribution in [0.3, 0.4) is 0 Å². The van der Waals surface area contributed by atoms with Crippen molar-refractivity contribution in [2.24, 2.45) is 0 Å². The summed E-state index contributed by atoms with van der Waals surface area (Å²) in [6, 6.07) is 1.73. The van der Waals surface area contributed by atoms with Crippen molar-refractivity contribution >= 4 is 52.2 Å². The van der Waals surface area contributed by atoms with Gasteiger partial charge in [0.1, 0.15) is 16.1 Å². The van der Waals surface area contributed by atoms with Gasteiger partial charge in [0.25, 0.3) is 5.91 Å². The third-order valence-electron chi connectivity index (χ3n) is 2.60. The van der Waals surface area contributed by atoms with E-state index < -0.39 is 30.3 Å². The van der Waals surface area contributed by atoms with Crippen LogP contribution < -0.4 is 0 Å². The standard InChI is InChI=1S/C12H9NO6S2/c14-9(15)5-7(11(17)18)13-10(16)8(21-12(13)20)4-6-2-1-3-19-6/h1-4,7H,5H2,(H,14,15)(H,17,18)/b8-4+/t7-/m1/s1. The second-order valence-corrected chi connectivity index (χ2v) is 5.69. The molecular formula is C12H9NO6S2. The number of thioether (sulfide) groups is 1. The Labute approximate surface area is 128 Å². The van der Waals surface area contributed by atoms with Gasteiger partial charge in [-0.2, -0.15) is 0 Å². The molecule has 1 aromatic rings. The van der Waals surface area contributed by atoms with E-state index in [2.05, 4.69) is 0 Å². The van der Waals surface area contributed by atoms with E-state index in [9.17, 15) is 14.4 Å². The third kappa shape index (κ3) is 3.31. The first-order valence-corrected chi connectivity index (χ1v) is 6.88. The van der Waals surface area contributed by atoms with Gasteiger partial charge in [-0.05, 0) is 12.1 Å². The van der Waals surface area contributed by atoms with Crippen LogP contribution >= 0.6 is 24.0 Å². The number of thiocarbonyl (C=S) groups is 1. The van der Waals surface area contributed by atoms with Gasteiger partial charge in [-0.3, -0.25) is 14.5 Å². The summed E-state index contributed by atoms with van der Waals surface area (Å²) < 4.78 is 5.08. The van der Waals surface area contributed by atoms with Gasteiger partial charge in [0.2, 0.25) is 0 Å². The van der Waals surface area contributed by atoms with Gasteiger partial charge in [-0.15, -0.1) is 0 Å². The van der Waals surface area contributed by atoms with E-state index in [-0.39, 0.29) is 9.23 Å². The topological polar surface area (TPSA) is 108 Å². The number of hydrogen-bond donors (Lipinski definition) is 2. The average Bonchev–Trinajstić information content (AvgIpc) is 2.97. The fourth-order valence-corrected chi connectivity index (χ4v) is 3.04. The van der Waals surface area contributed by atoms with Crippen molar-refractivity contribution in [2.75, 3.05) is 0 Å². The Balaban J connectivity index is 2.29. The highest BCUT2D eigenvalue weighted by Crippen LogP contribution is 2.34. The molecule has 0 radical (unpaired) electrons. The monoisotopic (exact) mass is 327 g/mol. The number of carbonyl (C=O) groups is 3. The minimum Gasteiger partial charge on any atom is -0.481 e. The number of furan rings is 1. The molecule has 1 amide bonds. The van der Waals surface area contributed by atoms with Crippen LogP contribution in [0, 0.1) is 0 Å². The zero-order valence-electron chi connectivity index (χ0n) is 10.4. The first-order chi connectivity index (χ1) is 9.90. The van der Waals surface area contributed by atoms with Crippen molar-refractivity contribution in [3.05, 3.63) is 29.1 Å². The predicted octanol–water partition coefficient (Wildman–Crippen LogP) is 1.41. The smallest absolute Gasteiger partial charge is 0.327 e. The van der Waals surface area contributed by atoms with E-state index in [4.69, 9.17) is 26.8 Å². The fraction of sp³-hybridized carbons (Fsp3) is 0.167. The zero-order chi connectivity index (χ0) is 15.6. The molecule has 1 aliphatic heterocycles. The average molecular weight is 327 g/mol. The maximum Gasteiger partial charge on any atom is 0.327 e. The van der Waals surface area contributed by atoms with Crippen LogP contribution in [-0.4, -0.2) is 43.3 Å². The second kappa shape index (κ2) is 6.10. The van der Waals surface area contributed by atoms with Crippen molar-refractivity contribution in [1.82, 2.24) is 4.90 Å². The van der Waals surface area contributed by atoms with Gasteiger partial charge in [-0.25, -0.2) is 4.79 Å². The molecule has 0 aromatic carbocycles. The summed E-state index contributed by atoms with van der Waals surface area (Å²) in [4.78, 5) is 35.1. The Morgan fingerprint density at radius 3 is 2.71 bits per heavy atom. The largest absolute Gasteiger partial charge is 0.481 e. The molecule has 1 aliphatic rings. The lowest BCUT2D eigenvalue weighted by atomic mass is 10.2. The Kier molecular flexibility index (Phi) is 4.43. The van der Waals surface area contributed by atoms with Crippen LogP contribution in [0.1, 0.15) is 12.2 Å². The summed E-state index contributed by atoms with van der Waals surface area (Å²) >= 11 is 5.88. The summed E-state index contributed by atoms with van der Waals surface area (Å²) in [6.07, 6.45) is 2.13. The lowest BCUT2D eigenvalue weighted by Gasteiger charge is -2.21. The van der Waals surface area contributed by atoms with Crippen molar-refractivity contribution in [1.29, 1.82) is 0 Å². The van der Waals surface area contributed by atoms with Crippen molar-refractivity contribution in [2.45, 2.75) is 12.5 Å². The van der Waals surface area contributed by atoms with Gasteiger partial charge >= 0.3 is 11.9 Å². The number of carboxylic acid groups (broad SMARTS) is 2. The summed E-state index contributed by atoms with van der Waals surface area (Å²) in [5.41, 5.74) is 0. The lowest BCUT2D eigenvalue weighted by Crippen LogP contribution is -2.45. The predicted molar refractivity (Wildman–Crippen MR) is 77.4 cm³/mol. The molecule has 7 nitrogen and oxygen atoms in total. The highest BCUT2D eigenvalue weighted by atomic mass is 32.2. The Bertz CT molecular complexity index is 636. The summed E-state index contributed by atoms with van der Waals surface area (Å²) in [6.45, 7) is 0. The van der Waals surface area contributed by atoms with Crippen LogP contribution in [0.2, 0.25) is 0 Å². The molecule has 0 aliphatic carbocycles. The summed E-state index contributed by atoms with van der Waals surface area (Å²) in [5.74, 6) is -2.98. The normalized spacial score (nSPS) is 18.3. The SMILES string of the molecule is O=C(O)C[C@H](C(=O)O)N1C(=O)/C(=C\c2ccco2)SC1=S. The quantitative estimate of drug-likeness (QED) is 0.617. The van der Waals surface area contributed by atoms with Crippen molar-refractivity contribution in [3.63, 3.8) is 0 Å². The number of carboxylic acids is 2. The van der Waals surface area contributed by atoms with E-state index in [1.165, 1.54) is 12.3 Å². The first-order valence-electron chi connectivity index (χ1n) is 5.65. The first kappa shape index (κ1) is 15.3. The number of hydrogen-bond acceptors (Lipinski definition) is 6. The molecule has 1 fully saturated rings. The molecule has 2 rings (SSSR count). The number of rotatable bonds is 5. The van der Waals surface area contributed by atoms with Gasteiger partial charge in [0.05, 0.1) is 17.6 Å². The summed E-state index contributed by atoms with van der Waals surface area (Å²) in [7, 11) is 0. The van der Waals surface area contributed by atoms with Crippen LogP contribution in [0.15, 0.2) is 27.7 Å². The highest BCUT2D eigenvalue weighted by molar-refractivity contribution is 8.26. The van der Waals surface area contributed by atoms with Crippen LogP contribution in [0.5, 0.6) is 0 Å². The molecule has 0 saturated carbocycles. The molecule has 9 heteroatoms. The van der Waals surface area contributed by atoms with Crippen molar-refractivity contribution < 1.29 is 29.0 Å². The van der Waals surface area contributed by atoms with Gasteiger partial charge < -0.3 is 14.6 Å². The fourth-order valence-electron chi connectivity index (χ4n) is 1.71. The molecule has 0 spiro atoms. The molecule has 21 heavy (non-hydrogen) atoms. The summed E-state index contributed by atoms with van der Waals surface area (Å²) in [5, 5.41) is 17.9. The molecular weight excluding hydrogens is 318 g/mol. The molecule has 0 unspecified atom stereocenters. The zero-order valence-corrected chi connectivity index (χ0v) is 12.0. The number of carbonyl (C=O) groups excluding carboxylic acids is 1. The molecule has 1 atom stereocenters. The van der Waals surface area contributed by atoms with Crippen LogP contribution in [0.25, 0.3) is 6.08 Å². The van der Waals surface area contributed by atoms with Gasteiger partial charge in [0, 0.05) is 6.08 Å². The van der Waals surface area contributed by atoms with Crippen molar-refractivity contribution in [3.8, 4) is 0 Å². The van der Waals surface area contributed by atoms with Crippen LogP contribution in [-0.2, 0) is 14.4 Å². The molecule has 0 bridgehead atoms. The van der Waals surface area contributed by atoms with Gasteiger partial charge in [-0.1, -0.05) is 24.0 Å². The maximum atomic E-state index is 12.2. The Hall–Kier alpha value is -2.13. The van der Waals surface area contributed by atoms with Crippen LogP contribution in [0.4, 0.5) is 0 Å². The molecule has 2 heterocycles. The minimum atomic E-state index is -1.53. The number of aliphatic carboxylic acids is 2. The van der Waals surface area contributed by atoms with E-state index in [0.29, 0.717) is 5.76 Å². The molecule has 1 aromatic heterocycles. The third-order valence-corrected chi connectivity index (χ3v) is 3.94. The Morgan fingerprint density at radius 2 is 2.19 bits per heavy atom. The number of amides is 1. The molecule has 1 saturated heterocycles. The second-order valence-electron chi connectivity index (χ2n) is 4.02. The van der Waals surface area contributed by atoms with E-state index in [1.54, 1.807) is 12.1 Å².